The van der Waals surface area contributed by atoms with Gasteiger partial charge in [-0.05, 0) is 41.5 Å². The van der Waals surface area contributed by atoms with Crippen LogP contribution in [0.15, 0.2) is 109 Å². The van der Waals surface area contributed by atoms with Crippen LogP contribution in [-0.4, -0.2) is 41.9 Å². The van der Waals surface area contributed by atoms with E-state index in [0.29, 0.717) is 36.0 Å². The molecule has 36 heavy (non-hydrogen) atoms. The van der Waals surface area contributed by atoms with Gasteiger partial charge in [-0.3, -0.25) is 9.69 Å². The monoisotopic (exact) mass is 496 g/mol. The van der Waals surface area contributed by atoms with E-state index in [0.717, 1.165) is 18.7 Å². The molecule has 0 aromatic heterocycles. The Bertz CT molecular complexity index is 1230. The van der Waals surface area contributed by atoms with Crippen LogP contribution < -0.4 is 4.74 Å². The van der Waals surface area contributed by atoms with Gasteiger partial charge in [-0.25, -0.2) is 0 Å². The molecule has 1 aliphatic rings. The molecular formula is C31H29ClN2O2. The van der Waals surface area contributed by atoms with Crippen LogP contribution in [0.3, 0.4) is 0 Å². The molecule has 4 aromatic carbocycles. The Labute approximate surface area is 217 Å². The molecule has 0 N–H and O–H groups in total. The lowest BCUT2D eigenvalue weighted by atomic mass is 9.96. The van der Waals surface area contributed by atoms with Crippen LogP contribution in [0.1, 0.15) is 33.1 Å². The van der Waals surface area contributed by atoms with Gasteiger partial charge in [-0.15, -0.1) is 0 Å². The smallest absolute Gasteiger partial charge is 0.253 e. The molecule has 5 heteroatoms. The molecule has 1 fully saturated rings. The average molecular weight is 497 g/mol. The van der Waals surface area contributed by atoms with E-state index in [-0.39, 0.29) is 11.9 Å². The summed E-state index contributed by atoms with van der Waals surface area (Å²) in [4.78, 5) is 17.6. The molecule has 0 unspecified atom stereocenters. The standard InChI is InChI=1S/C31H29ClN2O2/c32-29-14-8-7-13-27(29)23-36-28-17-15-26(16-18-28)31(35)34-21-19-33(20-22-34)30(24-9-3-1-4-10-24)25-11-5-2-6-12-25/h1-18,30H,19-23H2. The maximum absolute atomic E-state index is 13.2. The maximum atomic E-state index is 13.2. The number of hydrogen-bond acceptors (Lipinski definition) is 3. The van der Waals surface area contributed by atoms with E-state index in [4.69, 9.17) is 16.3 Å². The number of hydrogen-bond donors (Lipinski definition) is 0. The largest absolute Gasteiger partial charge is 0.489 e. The van der Waals surface area contributed by atoms with Crippen molar-refractivity contribution in [1.29, 1.82) is 0 Å². The first-order valence-corrected chi connectivity index (χ1v) is 12.7. The molecule has 4 aromatic rings. The van der Waals surface area contributed by atoms with E-state index in [2.05, 4.69) is 65.6 Å². The summed E-state index contributed by atoms with van der Waals surface area (Å²) >= 11 is 6.21. The average Bonchev–Trinajstić information content (AvgIpc) is 2.94. The summed E-state index contributed by atoms with van der Waals surface area (Å²) in [6.45, 7) is 3.41. The summed E-state index contributed by atoms with van der Waals surface area (Å²) in [6.07, 6.45) is 0. The minimum Gasteiger partial charge on any atom is -0.489 e. The second-order valence-corrected chi connectivity index (χ2v) is 9.36. The van der Waals surface area contributed by atoms with Gasteiger partial charge in [0.1, 0.15) is 12.4 Å². The first kappa shape index (κ1) is 24.1. The van der Waals surface area contributed by atoms with Crippen LogP contribution >= 0.6 is 11.6 Å². The normalized spacial score (nSPS) is 14.1. The Hall–Kier alpha value is -3.60. The van der Waals surface area contributed by atoms with Crippen molar-refractivity contribution in [1.82, 2.24) is 9.80 Å². The summed E-state index contributed by atoms with van der Waals surface area (Å²) < 4.78 is 5.86. The molecule has 0 saturated carbocycles. The van der Waals surface area contributed by atoms with Gasteiger partial charge in [0, 0.05) is 42.3 Å². The number of carbonyl (C=O) groups is 1. The second kappa shape index (κ2) is 11.4. The number of amides is 1. The Balaban J connectivity index is 1.21. The van der Waals surface area contributed by atoms with Crippen molar-refractivity contribution in [2.45, 2.75) is 12.6 Å². The minimum absolute atomic E-state index is 0.0586. The van der Waals surface area contributed by atoms with Crippen molar-refractivity contribution in [2.24, 2.45) is 0 Å². The lowest BCUT2D eigenvalue weighted by Crippen LogP contribution is -2.49. The molecule has 1 amide bonds. The minimum atomic E-state index is 0.0586. The highest BCUT2D eigenvalue weighted by Crippen LogP contribution is 2.29. The van der Waals surface area contributed by atoms with Crippen molar-refractivity contribution in [2.75, 3.05) is 26.2 Å². The van der Waals surface area contributed by atoms with Crippen LogP contribution in [-0.2, 0) is 6.61 Å². The van der Waals surface area contributed by atoms with Crippen LogP contribution in [0.4, 0.5) is 0 Å². The lowest BCUT2D eigenvalue weighted by molar-refractivity contribution is 0.0597. The molecular weight excluding hydrogens is 468 g/mol. The molecule has 0 aliphatic carbocycles. The predicted molar refractivity (Wildman–Crippen MR) is 144 cm³/mol. The zero-order valence-electron chi connectivity index (χ0n) is 20.1. The number of carbonyl (C=O) groups excluding carboxylic acids is 1. The third kappa shape index (κ3) is 5.62. The quantitative estimate of drug-likeness (QED) is 0.294. The highest BCUT2D eigenvalue weighted by molar-refractivity contribution is 6.31. The lowest BCUT2D eigenvalue weighted by Gasteiger charge is -2.39. The number of benzene rings is 4. The van der Waals surface area contributed by atoms with Gasteiger partial charge in [0.05, 0.1) is 6.04 Å². The Kier molecular flexibility index (Phi) is 7.65. The van der Waals surface area contributed by atoms with Gasteiger partial charge in [0.2, 0.25) is 0 Å². The summed E-state index contributed by atoms with van der Waals surface area (Å²) in [6, 6.07) is 36.4. The van der Waals surface area contributed by atoms with Crippen LogP contribution in [0.2, 0.25) is 5.02 Å². The maximum Gasteiger partial charge on any atom is 0.253 e. The Morgan fingerprint density at radius 1 is 0.722 bits per heavy atom. The van der Waals surface area contributed by atoms with Gasteiger partial charge in [0.15, 0.2) is 0 Å². The number of piperazine rings is 1. The van der Waals surface area contributed by atoms with E-state index in [1.54, 1.807) is 0 Å². The molecule has 0 radical (unpaired) electrons. The van der Waals surface area contributed by atoms with Gasteiger partial charge >= 0.3 is 0 Å². The zero-order valence-corrected chi connectivity index (χ0v) is 20.9. The third-order valence-corrected chi connectivity index (χ3v) is 7.02. The number of halogens is 1. The van der Waals surface area contributed by atoms with Gasteiger partial charge in [-0.2, -0.15) is 0 Å². The van der Waals surface area contributed by atoms with Crippen molar-refractivity contribution in [3.8, 4) is 5.75 Å². The van der Waals surface area contributed by atoms with E-state index < -0.39 is 0 Å². The molecule has 5 rings (SSSR count). The molecule has 0 atom stereocenters. The summed E-state index contributed by atoms with van der Waals surface area (Å²) in [7, 11) is 0. The first-order chi connectivity index (χ1) is 17.7. The summed E-state index contributed by atoms with van der Waals surface area (Å²) in [5.41, 5.74) is 4.16. The van der Waals surface area contributed by atoms with Gasteiger partial charge < -0.3 is 9.64 Å². The SMILES string of the molecule is O=C(c1ccc(OCc2ccccc2Cl)cc1)N1CCN(C(c2ccccc2)c2ccccc2)CC1. The van der Waals surface area contributed by atoms with E-state index >= 15 is 0 Å². The van der Waals surface area contributed by atoms with E-state index in [1.807, 2.05) is 53.4 Å². The van der Waals surface area contributed by atoms with Gasteiger partial charge in [0.25, 0.3) is 5.91 Å². The van der Waals surface area contributed by atoms with Crippen LogP contribution in [0.25, 0.3) is 0 Å². The molecule has 4 nitrogen and oxygen atoms in total. The Morgan fingerprint density at radius 3 is 1.86 bits per heavy atom. The molecule has 182 valence electrons. The molecule has 1 saturated heterocycles. The van der Waals surface area contributed by atoms with Crippen molar-refractivity contribution in [3.05, 3.63) is 136 Å². The topological polar surface area (TPSA) is 32.8 Å². The number of ether oxygens (including phenoxy) is 1. The van der Waals surface area contributed by atoms with Crippen molar-refractivity contribution in [3.63, 3.8) is 0 Å². The fourth-order valence-corrected chi connectivity index (χ4v) is 4.91. The summed E-state index contributed by atoms with van der Waals surface area (Å²) in [5, 5.41) is 0.685. The molecule has 0 spiro atoms. The van der Waals surface area contributed by atoms with E-state index in [1.165, 1.54) is 11.1 Å². The van der Waals surface area contributed by atoms with Crippen LogP contribution in [0.5, 0.6) is 5.75 Å². The predicted octanol–water partition coefficient (Wildman–Crippen LogP) is 6.47. The number of rotatable bonds is 7. The van der Waals surface area contributed by atoms with Gasteiger partial charge in [-0.1, -0.05) is 90.5 Å². The Morgan fingerprint density at radius 2 is 1.28 bits per heavy atom. The van der Waals surface area contributed by atoms with Crippen molar-refractivity contribution < 1.29 is 9.53 Å². The third-order valence-electron chi connectivity index (χ3n) is 6.65. The zero-order chi connectivity index (χ0) is 24.7. The van der Waals surface area contributed by atoms with E-state index in [9.17, 15) is 4.79 Å². The number of nitrogens with zero attached hydrogens (tertiary/aromatic N) is 2. The van der Waals surface area contributed by atoms with Crippen LogP contribution in [0, 0.1) is 0 Å². The fourth-order valence-electron chi connectivity index (χ4n) is 4.72. The fraction of sp³-hybridized carbons (Fsp3) is 0.194. The molecule has 1 heterocycles. The summed E-state index contributed by atoms with van der Waals surface area (Å²) in [5.74, 6) is 0.771. The molecule has 1 aliphatic heterocycles. The molecule has 0 bridgehead atoms. The highest BCUT2D eigenvalue weighted by atomic mass is 35.5. The highest BCUT2D eigenvalue weighted by Gasteiger charge is 2.28. The second-order valence-electron chi connectivity index (χ2n) is 8.96. The van der Waals surface area contributed by atoms with Crippen molar-refractivity contribution >= 4 is 17.5 Å². The first-order valence-electron chi connectivity index (χ1n) is 12.3.